The molecule has 2 unspecified atom stereocenters. The summed E-state index contributed by atoms with van der Waals surface area (Å²) in [6, 6.07) is 7.18. The number of thioether (sulfide) groups is 1. The molecule has 1 fully saturated rings. The molecule has 0 aromatic heterocycles. The number of non-ortho nitro benzene ring substituents is 1. The van der Waals surface area contributed by atoms with Crippen LogP contribution in [0.1, 0.15) is 19.3 Å². The summed E-state index contributed by atoms with van der Waals surface area (Å²) in [5, 5.41) is 14.7. The quantitative estimate of drug-likeness (QED) is 0.660. The van der Waals surface area contributed by atoms with E-state index in [0.717, 1.165) is 12.1 Å². The molecule has 0 radical (unpaired) electrons. The van der Waals surface area contributed by atoms with E-state index in [1.165, 1.54) is 18.9 Å². The Kier molecular flexibility index (Phi) is 3.89. The van der Waals surface area contributed by atoms with Crippen LogP contribution < -0.4 is 5.32 Å². The number of rotatable bonds is 4. The van der Waals surface area contributed by atoms with E-state index in [0.29, 0.717) is 11.3 Å². The summed E-state index contributed by atoms with van der Waals surface area (Å²) in [7, 11) is 0. The van der Waals surface area contributed by atoms with Crippen molar-refractivity contribution in [2.45, 2.75) is 30.6 Å². The molecule has 1 aliphatic rings. The van der Waals surface area contributed by atoms with Crippen LogP contribution in [0.5, 0.6) is 0 Å². The molecule has 5 heteroatoms. The number of nitro groups is 1. The van der Waals surface area contributed by atoms with Crippen LogP contribution in [0.4, 0.5) is 11.4 Å². The van der Waals surface area contributed by atoms with Gasteiger partial charge in [-0.05, 0) is 25.2 Å². The highest BCUT2D eigenvalue weighted by Crippen LogP contribution is 2.31. The van der Waals surface area contributed by atoms with Crippen LogP contribution in [0.25, 0.3) is 0 Å². The zero-order valence-electron chi connectivity index (χ0n) is 9.76. The Labute approximate surface area is 105 Å². The minimum atomic E-state index is -0.355. The highest BCUT2D eigenvalue weighted by atomic mass is 32.2. The molecule has 4 nitrogen and oxygen atoms in total. The third-order valence-electron chi connectivity index (χ3n) is 3.16. The smallest absolute Gasteiger partial charge is 0.271 e. The molecule has 0 heterocycles. The molecule has 1 aromatic carbocycles. The molecule has 0 amide bonds. The number of nitrogens with zero attached hydrogens (tertiary/aromatic N) is 1. The Morgan fingerprint density at radius 3 is 3.00 bits per heavy atom. The van der Waals surface area contributed by atoms with Gasteiger partial charge in [0.15, 0.2) is 0 Å². The fraction of sp³-hybridized carbons (Fsp3) is 0.500. The summed E-state index contributed by atoms with van der Waals surface area (Å²) < 4.78 is 0. The fourth-order valence-electron chi connectivity index (χ4n) is 2.30. The standard InChI is InChI=1S/C12H16N2O2S/c1-17-12-7-3-6-11(12)13-9-4-2-5-10(8-9)14(15)16/h2,4-5,8,11-13H,3,6-7H2,1H3. The molecule has 1 aromatic rings. The van der Waals surface area contributed by atoms with Crippen LogP contribution in [0.15, 0.2) is 24.3 Å². The molecular formula is C12H16N2O2S. The van der Waals surface area contributed by atoms with E-state index in [-0.39, 0.29) is 10.6 Å². The molecular weight excluding hydrogens is 236 g/mol. The lowest BCUT2D eigenvalue weighted by atomic mass is 10.2. The maximum Gasteiger partial charge on any atom is 0.271 e. The summed E-state index contributed by atoms with van der Waals surface area (Å²) in [6.07, 6.45) is 5.73. The van der Waals surface area contributed by atoms with Crippen molar-refractivity contribution in [1.29, 1.82) is 0 Å². The first kappa shape index (κ1) is 12.2. The van der Waals surface area contributed by atoms with Gasteiger partial charge < -0.3 is 5.32 Å². The number of nitro benzene ring substituents is 1. The van der Waals surface area contributed by atoms with E-state index in [2.05, 4.69) is 11.6 Å². The van der Waals surface area contributed by atoms with E-state index in [1.54, 1.807) is 12.1 Å². The summed E-state index contributed by atoms with van der Waals surface area (Å²) in [6.45, 7) is 0. The topological polar surface area (TPSA) is 55.2 Å². The largest absolute Gasteiger partial charge is 0.381 e. The molecule has 1 aliphatic carbocycles. The molecule has 0 aliphatic heterocycles. The van der Waals surface area contributed by atoms with Crippen molar-refractivity contribution in [1.82, 2.24) is 0 Å². The second kappa shape index (κ2) is 5.40. The monoisotopic (exact) mass is 252 g/mol. The van der Waals surface area contributed by atoms with E-state index in [9.17, 15) is 10.1 Å². The normalized spacial score (nSPS) is 23.6. The average Bonchev–Trinajstić information content (AvgIpc) is 2.76. The third-order valence-corrected chi connectivity index (χ3v) is 4.33. The van der Waals surface area contributed by atoms with Gasteiger partial charge in [-0.2, -0.15) is 11.8 Å². The Morgan fingerprint density at radius 1 is 1.47 bits per heavy atom. The van der Waals surface area contributed by atoms with Crippen molar-refractivity contribution in [3.63, 3.8) is 0 Å². The Balaban J connectivity index is 2.07. The van der Waals surface area contributed by atoms with Gasteiger partial charge >= 0.3 is 0 Å². The number of hydrogen-bond donors (Lipinski definition) is 1. The lowest BCUT2D eigenvalue weighted by Crippen LogP contribution is -2.25. The van der Waals surface area contributed by atoms with Crippen LogP contribution >= 0.6 is 11.8 Å². The first-order chi connectivity index (χ1) is 8.20. The number of nitrogens with one attached hydrogen (secondary N) is 1. The second-order valence-corrected chi connectivity index (χ2v) is 5.34. The average molecular weight is 252 g/mol. The molecule has 2 atom stereocenters. The molecule has 1 N–H and O–H groups in total. The van der Waals surface area contributed by atoms with Gasteiger partial charge in [0.25, 0.3) is 5.69 Å². The molecule has 2 rings (SSSR count). The van der Waals surface area contributed by atoms with Crippen molar-refractivity contribution in [3.05, 3.63) is 34.4 Å². The molecule has 0 spiro atoms. The molecule has 17 heavy (non-hydrogen) atoms. The van der Waals surface area contributed by atoms with Gasteiger partial charge in [-0.15, -0.1) is 0 Å². The van der Waals surface area contributed by atoms with Crippen molar-refractivity contribution < 1.29 is 4.92 Å². The van der Waals surface area contributed by atoms with Crippen molar-refractivity contribution in [2.75, 3.05) is 11.6 Å². The van der Waals surface area contributed by atoms with Crippen molar-refractivity contribution >= 4 is 23.1 Å². The first-order valence-corrected chi connectivity index (χ1v) is 7.03. The lowest BCUT2D eigenvalue weighted by molar-refractivity contribution is -0.384. The van der Waals surface area contributed by atoms with E-state index in [1.807, 2.05) is 17.8 Å². The molecule has 0 bridgehead atoms. The summed E-state index contributed by atoms with van der Waals surface area (Å²) in [5.41, 5.74) is 0.999. The van der Waals surface area contributed by atoms with Crippen molar-refractivity contribution in [2.24, 2.45) is 0 Å². The lowest BCUT2D eigenvalue weighted by Gasteiger charge is -2.20. The first-order valence-electron chi connectivity index (χ1n) is 5.74. The van der Waals surface area contributed by atoms with Crippen molar-refractivity contribution in [3.8, 4) is 0 Å². The van der Waals surface area contributed by atoms with Gasteiger partial charge in [0.1, 0.15) is 0 Å². The highest BCUT2D eigenvalue weighted by molar-refractivity contribution is 7.99. The van der Waals surface area contributed by atoms with Crippen LogP contribution in [0.2, 0.25) is 0 Å². The SMILES string of the molecule is CSC1CCCC1Nc1cccc([N+](=O)[O-])c1. The predicted molar refractivity (Wildman–Crippen MR) is 71.7 cm³/mol. The van der Waals surface area contributed by atoms with E-state index < -0.39 is 0 Å². The predicted octanol–water partition coefficient (Wildman–Crippen LogP) is 3.29. The Morgan fingerprint density at radius 2 is 2.29 bits per heavy atom. The minimum absolute atomic E-state index is 0.147. The highest BCUT2D eigenvalue weighted by Gasteiger charge is 2.26. The molecule has 0 saturated heterocycles. The summed E-state index contributed by atoms with van der Waals surface area (Å²) in [5.74, 6) is 0. The third kappa shape index (κ3) is 2.91. The zero-order valence-corrected chi connectivity index (χ0v) is 10.6. The second-order valence-electron chi connectivity index (χ2n) is 4.26. The summed E-state index contributed by atoms with van der Waals surface area (Å²) in [4.78, 5) is 10.3. The van der Waals surface area contributed by atoms with Gasteiger partial charge in [-0.25, -0.2) is 0 Å². The zero-order chi connectivity index (χ0) is 12.3. The van der Waals surface area contributed by atoms with Gasteiger partial charge in [-0.1, -0.05) is 12.5 Å². The van der Waals surface area contributed by atoms with Crippen LogP contribution in [-0.2, 0) is 0 Å². The summed E-state index contributed by atoms with van der Waals surface area (Å²) >= 11 is 1.87. The van der Waals surface area contributed by atoms with Gasteiger partial charge in [0, 0.05) is 29.1 Å². The minimum Gasteiger partial charge on any atom is -0.381 e. The van der Waals surface area contributed by atoms with E-state index in [4.69, 9.17) is 0 Å². The van der Waals surface area contributed by atoms with Crippen LogP contribution in [-0.4, -0.2) is 22.5 Å². The van der Waals surface area contributed by atoms with E-state index >= 15 is 0 Å². The number of anilines is 1. The van der Waals surface area contributed by atoms with Gasteiger partial charge in [0.05, 0.1) is 4.92 Å². The number of hydrogen-bond acceptors (Lipinski definition) is 4. The fourth-order valence-corrected chi connectivity index (χ4v) is 3.23. The van der Waals surface area contributed by atoms with Gasteiger partial charge in [0.2, 0.25) is 0 Å². The van der Waals surface area contributed by atoms with Crippen LogP contribution in [0, 0.1) is 10.1 Å². The Bertz CT molecular complexity index is 411. The van der Waals surface area contributed by atoms with Gasteiger partial charge in [-0.3, -0.25) is 10.1 Å². The maximum atomic E-state index is 10.7. The maximum absolute atomic E-state index is 10.7. The Hall–Kier alpha value is -1.23. The van der Waals surface area contributed by atoms with Crippen LogP contribution in [0.3, 0.4) is 0 Å². The molecule has 92 valence electrons. The molecule has 1 saturated carbocycles. The number of benzene rings is 1.